The van der Waals surface area contributed by atoms with E-state index < -0.39 is 0 Å². The van der Waals surface area contributed by atoms with E-state index in [1.807, 2.05) is 30.3 Å². The molecule has 1 aromatic carbocycles. The zero-order valence-corrected chi connectivity index (χ0v) is 12.5. The van der Waals surface area contributed by atoms with E-state index in [0.29, 0.717) is 18.3 Å². The third kappa shape index (κ3) is 3.89. The van der Waals surface area contributed by atoms with Crippen molar-refractivity contribution in [3.8, 4) is 11.5 Å². The summed E-state index contributed by atoms with van der Waals surface area (Å²) < 4.78 is 5.75. The fourth-order valence-corrected chi connectivity index (χ4v) is 2.82. The molecule has 1 saturated heterocycles. The van der Waals surface area contributed by atoms with Crippen LogP contribution in [0.3, 0.4) is 0 Å². The van der Waals surface area contributed by atoms with Crippen molar-refractivity contribution in [1.29, 1.82) is 0 Å². The summed E-state index contributed by atoms with van der Waals surface area (Å²) in [5.74, 6) is 2.05. The molecule has 1 aromatic heterocycles. The third-order valence-electron chi connectivity index (χ3n) is 3.92. The van der Waals surface area contributed by atoms with E-state index in [-0.39, 0.29) is 0 Å². The van der Waals surface area contributed by atoms with Crippen LogP contribution in [0.15, 0.2) is 34.7 Å². The highest BCUT2D eigenvalue weighted by Gasteiger charge is 2.17. The topological polar surface area (TPSA) is 54.2 Å². The number of aromatic nitrogens is 2. The number of nitrogens with one attached hydrogen (secondary N) is 1. The second-order valence-electron chi connectivity index (χ2n) is 5.76. The highest BCUT2D eigenvalue weighted by atomic mass is 16.4. The lowest BCUT2D eigenvalue weighted by Crippen LogP contribution is -2.34. The number of nitrogens with zero attached hydrogens (tertiary/aromatic N) is 3. The van der Waals surface area contributed by atoms with Gasteiger partial charge in [0.2, 0.25) is 11.8 Å². The Morgan fingerprint density at radius 3 is 2.71 bits per heavy atom. The molecule has 0 atom stereocenters. The van der Waals surface area contributed by atoms with Crippen LogP contribution in [-0.4, -0.2) is 41.8 Å². The zero-order chi connectivity index (χ0) is 14.5. The van der Waals surface area contributed by atoms with Gasteiger partial charge in [-0.25, -0.2) is 0 Å². The van der Waals surface area contributed by atoms with E-state index in [1.54, 1.807) is 0 Å². The quantitative estimate of drug-likeness (QED) is 0.913. The van der Waals surface area contributed by atoms with Crippen molar-refractivity contribution >= 4 is 0 Å². The molecule has 1 fully saturated rings. The van der Waals surface area contributed by atoms with Crippen molar-refractivity contribution in [2.24, 2.45) is 5.92 Å². The van der Waals surface area contributed by atoms with Crippen molar-refractivity contribution in [3.63, 3.8) is 0 Å². The summed E-state index contributed by atoms with van der Waals surface area (Å²) in [6.07, 6.45) is 2.51. The minimum absolute atomic E-state index is 0.598. The molecular weight excluding hydrogens is 264 g/mol. The summed E-state index contributed by atoms with van der Waals surface area (Å²) >= 11 is 0. The van der Waals surface area contributed by atoms with Crippen LogP contribution in [0.1, 0.15) is 18.7 Å². The standard InChI is InChI=1S/C16H22N4O/c1-20(11-13-7-9-17-10-8-13)12-15-18-19-16(21-15)14-5-3-2-4-6-14/h2-6,13,17H,7-12H2,1H3. The van der Waals surface area contributed by atoms with Gasteiger partial charge in [-0.1, -0.05) is 18.2 Å². The molecule has 1 N–H and O–H groups in total. The Kier molecular flexibility index (Phi) is 4.62. The molecule has 0 amide bonds. The summed E-state index contributed by atoms with van der Waals surface area (Å²) in [6.45, 7) is 4.07. The SMILES string of the molecule is CN(Cc1nnc(-c2ccccc2)o1)CC1CCNCC1. The summed E-state index contributed by atoms with van der Waals surface area (Å²) in [4.78, 5) is 2.28. The zero-order valence-electron chi connectivity index (χ0n) is 12.5. The Balaban J connectivity index is 1.56. The Labute approximate surface area is 125 Å². The highest BCUT2D eigenvalue weighted by Crippen LogP contribution is 2.18. The van der Waals surface area contributed by atoms with E-state index in [1.165, 1.54) is 12.8 Å². The molecule has 0 saturated carbocycles. The van der Waals surface area contributed by atoms with Crippen LogP contribution >= 0.6 is 0 Å². The molecule has 2 aromatic rings. The number of rotatable bonds is 5. The third-order valence-corrected chi connectivity index (χ3v) is 3.92. The van der Waals surface area contributed by atoms with Crippen LogP contribution in [0.5, 0.6) is 0 Å². The lowest BCUT2D eigenvalue weighted by atomic mass is 9.98. The summed E-state index contributed by atoms with van der Waals surface area (Å²) in [7, 11) is 2.12. The van der Waals surface area contributed by atoms with Gasteiger partial charge in [-0.2, -0.15) is 0 Å². The first-order chi connectivity index (χ1) is 10.3. The largest absolute Gasteiger partial charge is 0.419 e. The van der Waals surface area contributed by atoms with E-state index in [9.17, 15) is 0 Å². The molecule has 0 aliphatic carbocycles. The first-order valence-corrected chi connectivity index (χ1v) is 7.58. The number of hydrogen-bond acceptors (Lipinski definition) is 5. The van der Waals surface area contributed by atoms with Crippen molar-refractivity contribution in [2.45, 2.75) is 19.4 Å². The van der Waals surface area contributed by atoms with Gasteiger partial charge >= 0.3 is 0 Å². The van der Waals surface area contributed by atoms with E-state index in [4.69, 9.17) is 4.42 Å². The Hall–Kier alpha value is -1.72. The molecule has 1 aliphatic heterocycles. The predicted molar refractivity (Wildman–Crippen MR) is 81.7 cm³/mol. The van der Waals surface area contributed by atoms with E-state index >= 15 is 0 Å². The predicted octanol–water partition coefficient (Wildman–Crippen LogP) is 2.17. The maximum atomic E-state index is 5.75. The first kappa shape index (κ1) is 14.2. The van der Waals surface area contributed by atoms with Gasteiger partial charge in [0, 0.05) is 12.1 Å². The fourth-order valence-electron chi connectivity index (χ4n) is 2.82. The first-order valence-electron chi connectivity index (χ1n) is 7.58. The monoisotopic (exact) mass is 286 g/mol. The number of piperidine rings is 1. The highest BCUT2D eigenvalue weighted by molar-refractivity contribution is 5.51. The van der Waals surface area contributed by atoms with Crippen LogP contribution in [0.25, 0.3) is 11.5 Å². The van der Waals surface area contributed by atoms with Crippen LogP contribution in [0.2, 0.25) is 0 Å². The van der Waals surface area contributed by atoms with Gasteiger partial charge in [0.25, 0.3) is 0 Å². The molecule has 21 heavy (non-hydrogen) atoms. The molecule has 0 unspecified atom stereocenters. The van der Waals surface area contributed by atoms with E-state index in [0.717, 1.165) is 31.1 Å². The Bertz CT molecular complexity index is 548. The molecule has 0 radical (unpaired) electrons. The minimum atomic E-state index is 0.598. The van der Waals surface area contributed by atoms with E-state index in [2.05, 4.69) is 27.5 Å². The summed E-state index contributed by atoms with van der Waals surface area (Å²) in [5, 5.41) is 11.7. The molecule has 2 heterocycles. The van der Waals surface area contributed by atoms with Gasteiger partial charge in [0.05, 0.1) is 6.54 Å². The molecule has 112 valence electrons. The van der Waals surface area contributed by atoms with Gasteiger partial charge in [-0.15, -0.1) is 10.2 Å². The van der Waals surface area contributed by atoms with Crippen LogP contribution in [0.4, 0.5) is 0 Å². The van der Waals surface area contributed by atoms with Gasteiger partial charge < -0.3 is 9.73 Å². The molecule has 3 rings (SSSR count). The van der Waals surface area contributed by atoms with Crippen molar-refractivity contribution in [1.82, 2.24) is 20.4 Å². The number of hydrogen-bond donors (Lipinski definition) is 1. The molecule has 1 aliphatic rings. The van der Waals surface area contributed by atoms with Crippen LogP contribution in [-0.2, 0) is 6.54 Å². The molecular formula is C16H22N4O. The van der Waals surface area contributed by atoms with Crippen molar-refractivity contribution in [3.05, 3.63) is 36.2 Å². The number of benzene rings is 1. The van der Waals surface area contributed by atoms with Gasteiger partial charge in [-0.05, 0) is 51.0 Å². The van der Waals surface area contributed by atoms with Crippen molar-refractivity contribution in [2.75, 3.05) is 26.7 Å². The fraction of sp³-hybridized carbons (Fsp3) is 0.500. The molecule has 0 bridgehead atoms. The van der Waals surface area contributed by atoms with Crippen LogP contribution < -0.4 is 5.32 Å². The second kappa shape index (κ2) is 6.83. The lowest BCUT2D eigenvalue weighted by Gasteiger charge is -2.26. The summed E-state index contributed by atoms with van der Waals surface area (Å²) in [6, 6.07) is 9.89. The molecule has 5 heteroatoms. The molecule has 5 nitrogen and oxygen atoms in total. The van der Waals surface area contributed by atoms with Gasteiger partial charge in [0.1, 0.15) is 0 Å². The van der Waals surface area contributed by atoms with Gasteiger partial charge in [0.15, 0.2) is 0 Å². The smallest absolute Gasteiger partial charge is 0.247 e. The average Bonchev–Trinajstić information content (AvgIpc) is 2.97. The maximum absolute atomic E-state index is 5.75. The lowest BCUT2D eigenvalue weighted by molar-refractivity contribution is 0.219. The second-order valence-corrected chi connectivity index (χ2v) is 5.76. The van der Waals surface area contributed by atoms with Crippen molar-refractivity contribution < 1.29 is 4.42 Å². The normalized spacial score (nSPS) is 16.5. The van der Waals surface area contributed by atoms with Crippen LogP contribution in [0, 0.1) is 5.92 Å². The summed E-state index contributed by atoms with van der Waals surface area (Å²) in [5.41, 5.74) is 0.970. The minimum Gasteiger partial charge on any atom is -0.419 e. The Morgan fingerprint density at radius 2 is 1.95 bits per heavy atom. The Morgan fingerprint density at radius 1 is 1.19 bits per heavy atom. The van der Waals surface area contributed by atoms with Gasteiger partial charge in [-0.3, -0.25) is 4.90 Å². The molecule has 0 spiro atoms. The maximum Gasteiger partial charge on any atom is 0.247 e. The average molecular weight is 286 g/mol.